The Morgan fingerprint density at radius 1 is 1.36 bits per heavy atom. The standard InChI is InChI=1S/C9H19NO/c1-8(2)5-7(6-10)9(3,4)11-8/h7H,5-6,10H2,1-4H3. The van der Waals surface area contributed by atoms with E-state index in [1.165, 1.54) is 0 Å². The van der Waals surface area contributed by atoms with Crippen LogP contribution < -0.4 is 5.73 Å². The second-order valence-electron chi connectivity index (χ2n) is 4.60. The van der Waals surface area contributed by atoms with Crippen LogP contribution in [0.1, 0.15) is 34.1 Å². The van der Waals surface area contributed by atoms with E-state index in [0.717, 1.165) is 13.0 Å². The van der Waals surface area contributed by atoms with Crippen LogP contribution in [0, 0.1) is 5.92 Å². The van der Waals surface area contributed by atoms with Crippen molar-refractivity contribution in [3.8, 4) is 0 Å². The monoisotopic (exact) mass is 157 g/mol. The minimum Gasteiger partial charge on any atom is -0.369 e. The third-order valence-corrected chi connectivity index (χ3v) is 2.55. The van der Waals surface area contributed by atoms with Gasteiger partial charge >= 0.3 is 0 Å². The van der Waals surface area contributed by atoms with Crippen molar-refractivity contribution >= 4 is 0 Å². The Balaban J connectivity index is 2.71. The molecular weight excluding hydrogens is 138 g/mol. The molecule has 1 aliphatic rings. The molecule has 0 bridgehead atoms. The van der Waals surface area contributed by atoms with Gasteiger partial charge in [-0.3, -0.25) is 0 Å². The third kappa shape index (κ3) is 1.74. The van der Waals surface area contributed by atoms with Crippen molar-refractivity contribution in [3.63, 3.8) is 0 Å². The lowest BCUT2D eigenvalue weighted by Gasteiger charge is -2.26. The Morgan fingerprint density at radius 3 is 2.09 bits per heavy atom. The van der Waals surface area contributed by atoms with Crippen LogP contribution in [-0.2, 0) is 4.74 Å². The molecule has 0 radical (unpaired) electrons. The van der Waals surface area contributed by atoms with Crippen molar-refractivity contribution < 1.29 is 4.74 Å². The molecule has 1 rings (SSSR count). The van der Waals surface area contributed by atoms with E-state index in [4.69, 9.17) is 10.5 Å². The summed E-state index contributed by atoms with van der Waals surface area (Å²) in [6.07, 6.45) is 1.08. The fourth-order valence-corrected chi connectivity index (χ4v) is 2.04. The zero-order valence-electron chi connectivity index (χ0n) is 7.98. The molecule has 1 heterocycles. The highest BCUT2D eigenvalue weighted by molar-refractivity contribution is 4.94. The smallest absolute Gasteiger partial charge is 0.0674 e. The molecule has 0 aromatic rings. The molecule has 11 heavy (non-hydrogen) atoms. The molecule has 2 heteroatoms. The second kappa shape index (κ2) is 2.46. The van der Waals surface area contributed by atoms with Gasteiger partial charge in [-0.15, -0.1) is 0 Å². The minimum absolute atomic E-state index is 0.0214. The Bertz CT molecular complexity index is 152. The highest BCUT2D eigenvalue weighted by Crippen LogP contribution is 2.40. The predicted octanol–water partition coefficient (Wildman–Crippen LogP) is 1.54. The molecule has 0 aliphatic carbocycles. The first-order valence-electron chi connectivity index (χ1n) is 4.28. The Morgan fingerprint density at radius 2 is 1.91 bits per heavy atom. The first kappa shape index (κ1) is 9.01. The molecule has 2 N–H and O–H groups in total. The van der Waals surface area contributed by atoms with E-state index in [0.29, 0.717) is 5.92 Å². The zero-order chi connectivity index (χ0) is 8.70. The summed E-state index contributed by atoms with van der Waals surface area (Å²) in [5, 5.41) is 0. The minimum atomic E-state index is -0.0295. The number of ether oxygens (including phenoxy) is 1. The number of rotatable bonds is 1. The number of hydrogen-bond donors (Lipinski definition) is 1. The van der Waals surface area contributed by atoms with Crippen LogP contribution in [0.3, 0.4) is 0 Å². The van der Waals surface area contributed by atoms with Crippen LogP contribution in [0.15, 0.2) is 0 Å². The Kier molecular flexibility index (Phi) is 2.01. The molecule has 1 atom stereocenters. The van der Waals surface area contributed by atoms with Gasteiger partial charge in [0.15, 0.2) is 0 Å². The summed E-state index contributed by atoms with van der Waals surface area (Å²) in [7, 11) is 0. The summed E-state index contributed by atoms with van der Waals surface area (Å²) in [6, 6.07) is 0. The summed E-state index contributed by atoms with van der Waals surface area (Å²) in [4.78, 5) is 0. The highest BCUT2D eigenvalue weighted by Gasteiger charge is 2.44. The fraction of sp³-hybridized carbons (Fsp3) is 1.00. The van der Waals surface area contributed by atoms with Crippen LogP contribution in [0.5, 0.6) is 0 Å². The highest BCUT2D eigenvalue weighted by atomic mass is 16.5. The molecule has 0 aromatic heterocycles. The maximum atomic E-state index is 5.86. The summed E-state index contributed by atoms with van der Waals surface area (Å²) in [5.74, 6) is 0.512. The van der Waals surface area contributed by atoms with Crippen molar-refractivity contribution in [2.24, 2.45) is 11.7 Å². The maximum Gasteiger partial charge on any atom is 0.0674 e. The number of nitrogens with two attached hydrogens (primary N) is 1. The van der Waals surface area contributed by atoms with Crippen molar-refractivity contribution in [2.75, 3.05) is 6.54 Å². The van der Waals surface area contributed by atoms with Crippen molar-refractivity contribution in [1.82, 2.24) is 0 Å². The van der Waals surface area contributed by atoms with Crippen LogP contribution in [0.25, 0.3) is 0 Å². The topological polar surface area (TPSA) is 35.2 Å². The average molecular weight is 157 g/mol. The Hall–Kier alpha value is -0.0800. The maximum absolute atomic E-state index is 5.86. The largest absolute Gasteiger partial charge is 0.369 e. The predicted molar refractivity (Wildman–Crippen MR) is 46.4 cm³/mol. The van der Waals surface area contributed by atoms with Gasteiger partial charge in [0, 0.05) is 5.92 Å². The molecule has 0 saturated carbocycles. The van der Waals surface area contributed by atoms with Gasteiger partial charge in [-0.05, 0) is 40.7 Å². The summed E-state index contributed by atoms with van der Waals surface area (Å²) in [5.41, 5.74) is 5.64. The van der Waals surface area contributed by atoms with E-state index < -0.39 is 0 Å². The van der Waals surface area contributed by atoms with E-state index >= 15 is 0 Å². The number of hydrogen-bond acceptors (Lipinski definition) is 2. The molecule has 66 valence electrons. The lowest BCUT2D eigenvalue weighted by molar-refractivity contribution is -0.0736. The molecule has 2 nitrogen and oxygen atoms in total. The van der Waals surface area contributed by atoms with Gasteiger partial charge in [-0.1, -0.05) is 0 Å². The first-order chi connectivity index (χ1) is 4.87. The normalized spacial score (nSPS) is 34.1. The van der Waals surface area contributed by atoms with E-state index in [2.05, 4.69) is 27.7 Å². The summed E-state index contributed by atoms with van der Waals surface area (Å²) < 4.78 is 5.86. The molecule has 0 amide bonds. The second-order valence-corrected chi connectivity index (χ2v) is 4.60. The first-order valence-corrected chi connectivity index (χ1v) is 4.28. The van der Waals surface area contributed by atoms with Crippen molar-refractivity contribution in [3.05, 3.63) is 0 Å². The van der Waals surface area contributed by atoms with Crippen LogP contribution in [0.2, 0.25) is 0 Å². The van der Waals surface area contributed by atoms with Gasteiger partial charge in [-0.25, -0.2) is 0 Å². The van der Waals surface area contributed by atoms with Crippen molar-refractivity contribution in [1.29, 1.82) is 0 Å². The van der Waals surface area contributed by atoms with Gasteiger partial charge in [0.1, 0.15) is 0 Å². The molecule has 0 aromatic carbocycles. The van der Waals surface area contributed by atoms with E-state index in [1.54, 1.807) is 0 Å². The van der Waals surface area contributed by atoms with E-state index in [9.17, 15) is 0 Å². The van der Waals surface area contributed by atoms with Crippen LogP contribution in [-0.4, -0.2) is 17.7 Å². The van der Waals surface area contributed by atoms with Gasteiger partial charge in [-0.2, -0.15) is 0 Å². The quantitative estimate of drug-likeness (QED) is 0.626. The third-order valence-electron chi connectivity index (χ3n) is 2.55. The average Bonchev–Trinajstić information content (AvgIpc) is 1.99. The van der Waals surface area contributed by atoms with Gasteiger partial charge < -0.3 is 10.5 Å². The lowest BCUT2D eigenvalue weighted by Crippen LogP contribution is -2.33. The molecule has 1 aliphatic heterocycles. The molecule has 1 unspecified atom stereocenters. The summed E-state index contributed by atoms with van der Waals surface area (Å²) >= 11 is 0. The van der Waals surface area contributed by atoms with Gasteiger partial charge in [0.05, 0.1) is 11.2 Å². The zero-order valence-corrected chi connectivity index (χ0v) is 7.98. The molecule has 1 fully saturated rings. The van der Waals surface area contributed by atoms with Crippen LogP contribution >= 0.6 is 0 Å². The van der Waals surface area contributed by atoms with Crippen LogP contribution in [0.4, 0.5) is 0 Å². The fourth-order valence-electron chi connectivity index (χ4n) is 2.04. The molecule has 1 saturated heterocycles. The Labute approximate surface area is 69.1 Å². The summed E-state index contributed by atoms with van der Waals surface area (Å²) in [6.45, 7) is 9.24. The van der Waals surface area contributed by atoms with E-state index in [-0.39, 0.29) is 11.2 Å². The lowest BCUT2D eigenvalue weighted by atomic mass is 9.88. The molecule has 0 spiro atoms. The van der Waals surface area contributed by atoms with E-state index in [1.807, 2.05) is 0 Å². The van der Waals surface area contributed by atoms with Gasteiger partial charge in [0.25, 0.3) is 0 Å². The molecular formula is C9H19NO. The van der Waals surface area contributed by atoms with Gasteiger partial charge in [0.2, 0.25) is 0 Å². The SMILES string of the molecule is CC1(C)CC(CN)C(C)(C)O1. The van der Waals surface area contributed by atoms with Crippen molar-refractivity contribution in [2.45, 2.75) is 45.3 Å².